The summed E-state index contributed by atoms with van der Waals surface area (Å²) >= 11 is 0. The summed E-state index contributed by atoms with van der Waals surface area (Å²) in [6.07, 6.45) is 2.91. The molecule has 2 rings (SSSR count). The van der Waals surface area contributed by atoms with Crippen molar-refractivity contribution >= 4 is 5.91 Å². The standard InChI is InChI=1S/C17H25NO2/c1-4-6-17(19)18-11-14-10-16(14)13-7-5-8-15(9-13)20-12(2)3/h5,7-9,12,14,16H,4,6,10-11H2,1-3H3,(H,18,19)/t14-,16-/m0/s1. The Morgan fingerprint density at radius 3 is 2.95 bits per heavy atom. The lowest BCUT2D eigenvalue weighted by atomic mass is 10.1. The first-order valence-electron chi connectivity index (χ1n) is 7.63. The maximum atomic E-state index is 11.5. The van der Waals surface area contributed by atoms with Gasteiger partial charge in [0, 0.05) is 13.0 Å². The molecule has 0 aliphatic heterocycles. The Bertz CT molecular complexity index is 456. The van der Waals surface area contributed by atoms with Crippen LogP contribution in [0.5, 0.6) is 5.75 Å². The van der Waals surface area contributed by atoms with Crippen molar-refractivity contribution in [2.75, 3.05) is 6.54 Å². The molecule has 3 nitrogen and oxygen atoms in total. The maximum Gasteiger partial charge on any atom is 0.219 e. The number of benzene rings is 1. The Balaban J connectivity index is 1.83. The van der Waals surface area contributed by atoms with Gasteiger partial charge in [-0.15, -0.1) is 0 Å². The number of carbonyl (C=O) groups is 1. The molecule has 1 fully saturated rings. The van der Waals surface area contributed by atoms with Crippen LogP contribution in [0.25, 0.3) is 0 Å². The zero-order valence-corrected chi connectivity index (χ0v) is 12.7. The summed E-state index contributed by atoms with van der Waals surface area (Å²) in [5.41, 5.74) is 1.33. The summed E-state index contributed by atoms with van der Waals surface area (Å²) < 4.78 is 5.73. The van der Waals surface area contributed by atoms with Gasteiger partial charge in [0.2, 0.25) is 5.91 Å². The van der Waals surface area contributed by atoms with Crippen molar-refractivity contribution in [2.24, 2.45) is 5.92 Å². The van der Waals surface area contributed by atoms with Gasteiger partial charge < -0.3 is 10.1 Å². The minimum Gasteiger partial charge on any atom is -0.491 e. The number of ether oxygens (including phenoxy) is 1. The Morgan fingerprint density at radius 1 is 1.45 bits per heavy atom. The van der Waals surface area contributed by atoms with Gasteiger partial charge in [-0.1, -0.05) is 19.1 Å². The van der Waals surface area contributed by atoms with Crippen molar-refractivity contribution in [3.05, 3.63) is 29.8 Å². The summed E-state index contributed by atoms with van der Waals surface area (Å²) in [6, 6.07) is 8.35. The van der Waals surface area contributed by atoms with Crippen LogP contribution in [0.3, 0.4) is 0 Å². The second kappa shape index (κ2) is 6.78. The summed E-state index contributed by atoms with van der Waals surface area (Å²) in [4.78, 5) is 11.5. The fourth-order valence-electron chi connectivity index (χ4n) is 2.53. The van der Waals surface area contributed by atoms with E-state index in [4.69, 9.17) is 4.74 Å². The van der Waals surface area contributed by atoms with Gasteiger partial charge in [-0.05, 0) is 56.2 Å². The van der Waals surface area contributed by atoms with E-state index in [1.165, 1.54) is 5.56 Å². The first-order valence-corrected chi connectivity index (χ1v) is 7.63. The van der Waals surface area contributed by atoms with E-state index in [0.29, 0.717) is 18.3 Å². The number of hydrogen-bond acceptors (Lipinski definition) is 2. The smallest absolute Gasteiger partial charge is 0.219 e. The molecule has 1 amide bonds. The molecule has 0 saturated heterocycles. The van der Waals surface area contributed by atoms with Crippen molar-refractivity contribution in [3.63, 3.8) is 0 Å². The van der Waals surface area contributed by atoms with Crippen LogP contribution >= 0.6 is 0 Å². The molecule has 1 aliphatic rings. The third-order valence-corrected chi connectivity index (χ3v) is 3.62. The molecule has 1 N–H and O–H groups in total. The molecule has 0 heterocycles. The van der Waals surface area contributed by atoms with Crippen molar-refractivity contribution in [1.82, 2.24) is 5.32 Å². The SMILES string of the molecule is CCCC(=O)NC[C@@H]1C[C@H]1c1cccc(OC(C)C)c1. The number of hydrogen-bond donors (Lipinski definition) is 1. The van der Waals surface area contributed by atoms with Gasteiger partial charge in [0.25, 0.3) is 0 Å². The van der Waals surface area contributed by atoms with Crippen LogP contribution in [0.15, 0.2) is 24.3 Å². The van der Waals surface area contributed by atoms with Crippen LogP contribution < -0.4 is 10.1 Å². The Labute approximate surface area is 121 Å². The molecule has 0 radical (unpaired) electrons. The second-order valence-electron chi connectivity index (χ2n) is 5.90. The van der Waals surface area contributed by atoms with Crippen molar-refractivity contribution < 1.29 is 9.53 Å². The van der Waals surface area contributed by atoms with Gasteiger partial charge >= 0.3 is 0 Å². The summed E-state index contributed by atoms with van der Waals surface area (Å²) in [6.45, 7) is 6.91. The predicted molar refractivity (Wildman–Crippen MR) is 81.0 cm³/mol. The molecular formula is C17H25NO2. The summed E-state index contributed by atoms with van der Waals surface area (Å²) in [5.74, 6) is 2.28. The summed E-state index contributed by atoms with van der Waals surface area (Å²) in [7, 11) is 0. The van der Waals surface area contributed by atoms with Crippen LogP contribution in [-0.2, 0) is 4.79 Å². The minimum atomic E-state index is 0.176. The van der Waals surface area contributed by atoms with E-state index in [-0.39, 0.29) is 12.0 Å². The van der Waals surface area contributed by atoms with Crippen LogP contribution in [0.2, 0.25) is 0 Å². The normalized spacial score (nSPS) is 20.8. The van der Waals surface area contributed by atoms with Gasteiger partial charge in [-0.3, -0.25) is 4.79 Å². The van der Waals surface area contributed by atoms with E-state index in [9.17, 15) is 4.79 Å². The van der Waals surface area contributed by atoms with Crippen molar-refractivity contribution in [3.8, 4) is 5.75 Å². The molecule has 20 heavy (non-hydrogen) atoms. The van der Waals surface area contributed by atoms with Crippen molar-refractivity contribution in [2.45, 2.75) is 52.1 Å². The second-order valence-corrected chi connectivity index (χ2v) is 5.90. The molecule has 0 aromatic heterocycles. The highest BCUT2D eigenvalue weighted by Gasteiger charge is 2.38. The van der Waals surface area contributed by atoms with E-state index in [1.807, 2.05) is 26.8 Å². The highest BCUT2D eigenvalue weighted by molar-refractivity contribution is 5.75. The molecule has 1 aliphatic carbocycles. The van der Waals surface area contributed by atoms with Gasteiger partial charge in [0.15, 0.2) is 0 Å². The van der Waals surface area contributed by atoms with E-state index in [1.54, 1.807) is 0 Å². The average Bonchev–Trinajstić information content (AvgIpc) is 3.16. The van der Waals surface area contributed by atoms with Crippen LogP contribution in [0.1, 0.15) is 51.5 Å². The molecule has 3 heteroatoms. The zero-order chi connectivity index (χ0) is 14.5. The Morgan fingerprint density at radius 2 is 2.25 bits per heavy atom. The fourth-order valence-corrected chi connectivity index (χ4v) is 2.53. The average molecular weight is 275 g/mol. The highest BCUT2D eigenvalue weighted by Crippen LogP contribution is 2.47. The topological polar surface area (TPSA) is 38.3 Å². The molecule has 110 valence electrons. The third kappa shape index (κ3) is 4.26. The molecule has 1 saturated carbocycles. The van der Waals surface area contributed by atoms with E-state index in [2.05, 4.69) is 23.5 Å². The molecule has 0 unspecified atom stereocenters. The van der Waals surface area contributed by atoms with E-state index < -0.39 is 0 Å². The maximum absolute atomic E-state index is 11.5. The lowest BCUT2D eigenvalue weighted by Crippen LogP contribution is -2.25. The number of nitrogens with one attached hydrogen (secondary N) is 1. The number of amides is 1. The molecule has 0 spiro atoms. The van der Waals surface area contributed by atoms with Gasteiger partial charge in [0.1, 0.15) is 5.75 Å². The first-order chi connectivity index (χ1) is 9.60. The monoisotopic (exact) mass is 275 g/mol. The zero-order valence-electron chi connectivity index (χ0n) is 12.7. The van der Waals surface area contributed by atoms with Gasteiger partial charge in [-0.25, -0.2) is 0 Å². The Hall–Kier alpha value is -1.51. The van der Waals surface area contributed by atoms with Gasteiger partial charge in [-0.2, -0.15) is 0 Å². The summed E-state index contributed by atoms with van der Waals surface area (Å²) in [5, 5.41) is 3.02. The van der Waals surface area contributed by atoms with E-state index >= 15 is 0 Å². The fraction of sp³-hybridized carbons (Fsp3) is 0.588. The minimum absolute atomic E-state index is 0.176. The predicted octanol–water partition coefficient (Wildman–Crippen LogP) is 3.49. The number of carbonyl (C=O) groups excluding carboxylic acids is 1. The quantitative estimate of drug-likeness (QED) is 0.827. The van der Waals surface area contributed by atoms with Crippen LogP contribution in [-0.4, -0.2) is 18.6 Å². The number of rotatable bonds is 7. The lowest BCUT2D eigenvalue weighted by molar-refractivity contribution is -0.121. The molecule has 0 bridgehead atoms. The molecule has 1 aromatic carbocycles. The lowest BCUT2D eigenvalue weighted by Gasteiger charge is -2.11. The first kappa shape index (κ1) is 14.9. The highest BCUT2D eigenvalue weighted by atomic mass is 16.5. The molecule has 2 atom stereocenters. The molecular weight excluding hydrogens is 250 g/mol. The van der Waals surface area contributed by atoms with Crippen LogP contribution in [0, 0.1) is 5.92 Å². The van der Waals surface area contributed by atoms with E-state index in [0.717, 1.165) is 25.1 Å². The van der Waals surface area contributed by atoms with Gasteiger partial charge in [0.05, 0.1) is 6.10 Å². The third-order valence-electron chi connectivity index (χ3n) is 3.62. The van der Waals surface area contributed by atoms with Crippen molar-refractivity contribution in [1.29, 1.82) is 0 Å². The van der Waals surface area contributed by atoms with Crippen LogP contribution in [0.4, 0.5) is 0 Å². The molecule has 1 aromatic rings. The Kier molecular flexibility index (Phi) is 5.05. The largest absolute Gasteiger partial charge is 0.491 e.